The number of hydrogen-bond acceptors (Lipinski definition) is 4. The molecule has 6 nitrogen and oxygen atoms in total. The highest BCUT2D eigenvalue weighted by atomic mass is 16.3. The summed E-state index contributed by atoms with van der Waals surface area (Å²) in [5.41, 5.74) is 3.08. The molecule has 2 aliphatic heterocycles. The van der Waals surface area contributed by atoms with Crippen LogP contribution in [0.2, 0.25) is 0 Å². The highest BCUT2D eigenvalue weighted by Gasteiger charge is 2.28. The first-order valence-electron chi connectivity index (χ1n) is 11.1. The zero-order valence-corrected chi connectivity index (χ0v) is 17.5. The molecule has 4 rings (SSSR count). The number of nitrogens with one attached hydrogen (secondary N) is 1. The fraction of sp³-hybridized carbons (Fsp3) is 0.500. The largest absolute Gasteiger partial charge is 0.472 e. The molecule has 2 fully saturated rings. The van der Waals surface area contributed by atoms with Gasteiger partial charge in [0.2, 0.25) is 5.91 Å². The van der Waals surface area contributed by atoms with Crippen molar-refractivity contribution in [3.63, 3.8) is 0 Å². The Morgan fingerprint density at radius 2 is 1.70 bits per heavy atom. The number of hydrogen-bond donors (Lipinski definition) is 1. The normalized spacial score (nSPS) is 18.3. The molecule has 1 aromatic carbocycles. The second-order valence-electron chi connectivity index (χ2n) is 8.40. The van der Waals surface area contributed by atoms with Gasteiger partial charge in [-0.3, -0.25) is 14.5 Å². The number of amides is 2. The van der Waals surface area contributed by atoms with Gasteiger partial charge in [-0.1, -0.05) is 30.7 Å². The molecule has 30 heavy (non-hydrogen) atoms. The van der Waals surface area contributed by atoms with Gasteiger partial charge in [0.15, 0.2) is 0 Å². The molecular formula is C24H31N3O3. The van der Waals surface area contributed by atoms with E-state index in [9.17, 15) is 9.59 Å². The number of carbonyl (C=O) groups excluding carboxylic acids is 2. The molecular weight excluding hydrogens is 378 g/mol. The Hall–Kier alpha value is -2.60. The molecule has 0 bridgehead atoms. The number of benzene rings is 1. The fourth-order valence-electron chi connectivity index (χ4n) is 4.48. The smallest absolute Gasteiger partial charge is 0.257 e. The number of carbonyl (C=O) groups is 2. The van der Waals surface area contributed by atoms with Crippen molar-refractivity contribution in [2.24, 2.45) is 5.92 Å². The van der Waals surface area contributed by atoms with Gasteiger partial charge in [0.25, 0.3) is 5.91 Å². The molecule has 0 atom stereocenters. The molecule has 1 aromatic heterocycles. The third-order valence-corrected chi connectivity index (χ3v) is 6.34. The topological polar surface area (TPSA) is 65.8 Å². The SMILES string of the molecule is O=C(NCc1ccccc1CN1CCCCC1)C1CCN(C(=O)c2ccoc2)CC1. The minimum Gasteiger partial charge on any atom is -0.472 e. The number of rotatable bonds is 6. The summed E-state index contributed by atoms with van der Waals surface area (Å²) < 4.78 is 5.00. The molecule has 2 saturated heterocycles. The quantitative estimate of drug-likeness (QED) is 0.794. The highest BCUT2D eigenvalue weighted by Crippen LogP contribution is 2.20. The molecule has 3 heterocycles. The van der Waals surface area contributed by atoms with Crippen LogP contribution in [0, 0.1) is 5.92 Å². The van der Waals surface area contributed by atoms with Crippen LogP contribution in [0.1, 0.15) is 53.6 Å². The Bertz CT molecular complexity index is 835. The predicted octanol–water partition coefficient (Wildman–Crippen LogP) is 3.43. The summed E-state index contributed by atoms with van der Waals surface area (Å²) in [6.07, 6.45) is 8.27. The van der Waals surface area contributed by atoms with Crippen LogP contribution in [0.3, 0.4) is 0 Å². The van der Waals surface area contributed by atoms with Gasteiger partial charge in [-0.2, -0.15) is 0 Å². The van der Waals surface area contributed by atoms with Crippen molar-refractivity contribution in [1.82, 2.24) is 15.1 Å². The maximum atomic E-state index is 12.7. The van der Waals surface area contributed by atoms with Gasteiger partial charge >= 0.3 is 0 Å². The summed E-state index contributed by atoms with van der Waals surface area (Å²) >= 11 is 0. The molecule has 2 amide bonds. The van der Waals surface area contributed by atoms with Crippen LogP contribution < -0.4 is 5.32 Å². The Morgan fingerprint density at radius 1 is 0.967 bits per heavy atom. The van der Waals surface area contributed by atoms with Gasteiger partial charge in [0, 0.05) is 32.1 Å². The molecule has 0 saturated carbocycles. The molecule has 0 spiro atoms. The lowest BCUT2D eigenvalue weighted by molar-refractivity contribution is -0.126. The van der Waals surface area contributed by atoms with E-state index in [1.165, 1.54) is 42.9 Å². The molecule has 1 N–H and O–H groups in total. The number of nitrogens with zero attached hydrogens (tertiary/aromatic N) is 2. The van der Waals surface area contributed by atoms with Crippen molar-refractivity contribution in [3.05, 3.63) is 59.5 Å². The van der Waals surface area contributed by atoms with Crippen molar-refractivity contribution in [2.45, 2.75) is 45.2 Å². The summed E-state index contributed by atoms with van der Waals surface area (Å²) in [4.78, 5) is 29.5. The second kappa shape index (κ2) is 9.94. The minimum absolute atomic E-state index is 0.0192. The number of furan rings is 1. The fourth-order valence-corrected chi connectivity index (χ4v) is 4.48. The van der Waals surface area contributed by atoms with E-state index in [1.54, 1.807) is 6.07 Å². The Labute approximate surface area is 178 Å². The van der Waals surface area contributed by atoms with E-state index in [2.05, 4.69) is 28.4 Å². The highest BCUT2D eigenvalue weighted by molar-refractivity contribution is 5.94. The van der Waals surface area contributed by atoms with Gasteiger partial charge in [-0.25, -0.2) is 0 Å². The number of likely N-dealkylation sites (tertiary alicyclic amines) is 2. The van der Waals surface area contributed by atoms with Crippen molar-refractivity contribution < 1.29 is 14.0 Å². The summed E-state index contributed by atoms with van der Waals surface area (Å²) in [5.74, 6) is 0.0418. The molecule has 2 aliphatic rings. The standard InChI is InChI=1S/C24H31N3O3/c28-23(19-8-13-27(14-9-19)24(29)22-10-15-30-18-22)25-16-20-6-2-3-7-21(20)17-26-11-4-1-5-12-26/h2-3,6-7,10,15,18-19H,1,4-5,8-9,11-14,16-17H2,(H,25,28). The van der Waals surface area contributed by atoms with Crippen molar-refractivity contribution in [3.8, 4) is 0 Å². The van der Waals surface area contributed by atoms with Gasteiger partial charge in [0.1, 0.15) is 6.26 Å². The Morgan fingerprint density at radius 3 is 2.40 bits per heavy atom. The van der Waals surface area contributed by atoms with Crippen LogP contribution in [0.15, 0.2) is 47.3 Å². The summed E-state index contributed by atoms with van der Waals surface area (Å²) in [6, 6.07) is 10.1. The molecule has 0 unspecified atom stereocenters. The van der Waals surface area contributed by atoms with E-state index < -0.39 is 0 Å². The predicted molar refractivity (Wildman–Crippen MR) is 115 cm³/mol. The summed E-state index contributed by atoms with van der Waals surface area (Å²) in [5, 5.41) is 3.14. The summed E-state index contributed by atoms with van der Waals surface area (Å²) in [7, 11) is 0. The Kier molecular flexibility index (Phi) is 6.84. The van der Waals surface area contributed by atoms with Crippen LogP contribution in [0.25, 0.3) is 0 Å². The van der Waals surface area contributed by atoms with E-state index in [0.717, 1.165) is 19.6 Å². The van der Waals surface area contributed by atoms with E-state index in [4.69, 9.17) is 4.42 Å². The minimum atomic E-state index is -0.0346. The first-order chi connectivity index (χ1) is 14.7. The average Bonchev–Trinajstić information content (AvgIpc) is 3.34. The van der Waals surface area contributed by atoms with Crippen molar-refractivity contribution in [1.29, 1.82) is 0 Å². The third-order valence-electron chi connectivity index (χ3n) is 6.34. The first-order valence-corrected chi connectivity index (χ1v) is 11.1. The zero-order chi connectivity index (χ0) is 20.8. The van der Waals surface area contributed by atoms with E-state index in [0.29, 0.717) is 38.0 Å². The lowest BCUT2D eigenvalue weighted by Crippen LogP contribution is -2.42. The molecule has 0 aliphatic carbocycles. The lowest BCUT2D eigenvalue weighted by atomic mass is 9.95. The van der Waals surface area contributed by atoms with Crippen LogP contribution >= 0.6 is 0 Å². The first kappa shape index (κ1) is 20.7. The van der Waals surface area contributed by atoms with Crippen LogP contribution in [-0.2, 0) is 17.9 Å². The van der Waals surface area contributed by atoms with Crippen molar-refractivity contribution >= 4 is 11.8 Å². The van der Waals surface area contributed by atoms with Gasteiger partial charge in [0.05, 0.1) is 11.8 Å². The van der Waals surface area contributed by atoms with Crippen LogP contribution in [0.5, 0.6) is 0 Å². The lowest BCUT2D eigenvalue weighted by Gasteiger charge is -2.31. The molecule has 160 valence electrons. The third kappa shape index (κ3) is 5.11. The molecule has 6 heteroatoms. The van der Waals surface area contributed by atoms with Crippen molar-refractivity contribution in [2.75, 3.05) is 26.2 Å². The maximum Gasteiger partial charge on any atom is 0.257 e. The van der Waals surface area contributed by atoms with Gasteiger partial charge in [-0.05, 0) is 56.0 Å². The summed E-state index contributed by atoms with van der Waals surface area (Å²) in [6.45, 7) is 5.06. The maximum absolute atomic E-state index is 12.7. The van der Waals surface area contributed by atoms with E-state index in [1.807, 2.05) is 11.0 Å². The van der Waals surface area contributed by atoms with E-state index in [-0.39, 0.29) is 17.7 Å². The molecule has 2 aromatic rings. The second-order valence-corrected chi connectivity index (χ2v) is 8.40. The number of piperidine rings is 2. The Balaban J connectivity index is 1.27. The van der Waals surface area contributed by atoms with Gasteiger partial charge < -0.3 is 14.6 Å². The zero-order valence-electron chi connectivity index (χ0n) is 17.5. The van der Waals surface area contributed by atoms with E-state index >= 15 is 0 Å². The van der Waals surface area contributed by atoms with Crippen LogP contribution in [-0.4, -0.2) is 47.8 Å². The van der Waals surface area contributed by atoms with Crippen LogP contribution in [0.4, 0.5) is 0 Å². The molecule has 0 radical (unpaired) electrons. The van der Waals surface area contributed by atoms with Gasteiger partial charge in [-0.15, -0.1) is 0 Å². The monoisotopic (exact) mass is 409 g/mol. The average molecular weight is 410 g/mol.